The first-order chi connectivity index (χ1) is 17.5. The van der Waals surface area contributed by atoms with Crippen molar-refractivity contribution in [2.75, 3.05) is 25.5 Å². The Morgan fingerprint density at radius 1 is 1.22 bits per heavy atom. The van der Waals surface area contributed by atoms with Crippen molar-refractivity contribution in [2.45, 2.75) is 25.4 Å². The third kappa shape index (κ3) is 5.13. The van der Waals surface area contributed by atoms with Crippen molar-refractivity contribution in [3.05, 3.63) is 71.9 Å². The minimum atomic E-state index is -0.365. The van der Waals surface area contributed by atoms with Gasteiger partial charge in [-0.2, -0.15) is 5.10 Å². The molecule has 1 aliphatic rings. The monoisotopic (exact) mass is 492 g/mol. The number of likely N-dealkylation sites (tertiary alicyclic amines) is 1. The van der Waals surface area contributed by atoms with E-state index in [9.17, 15) is 13.6 Å². The van der Waals surface area contributed by atoms with Crippen LogP contribution in [0.3, 0.4) is 0 Å². The summed E-state index contributed by atoms with van der Waals surface area (Å²) in [7, 11) is 1.53. The summed E-state index contributed by atoms with van der Waals surface area (Å²) in [5.41, 5.74) is 2.63. The predicted octanol–water partition coefficient (Wildman–Crippen LogP) is 4.70. The molecule has 0 bridgehead atoms. The number of carbonyl (C=O) groups excluding carboxylic acids is 1. The molecule has 3 N–H and O–H groups in total. The van der Waals surface area contributed by atoms with Gasteiger partial charge in [-0.15, -0.1) is 0 Å². The molecule has 0 aliphatic carbocycles. The number of H-pyrrole nitrogens is 1. The number of nitrogens with zero attached hydrogens (tertiary/aromatic N) is 3. The number of benzene rings is 2. The summed E-state index contributed by atoms with van der Waals surface area (Å²) in [6.07, 6.45) is 3.33. The third-order valence-electron chi connectivity index (χ3n) is 6.32. The average Bonchev–Trinajstić information content (AvgIpc) is 3.29. The van der Waals surface area contributed by atoms with E-state index in [0.29, 0.717) is 41.4 Å². The summed E-state index contributed by atoms with van der Waals surface area (Å²) in [6, 6.07) is 12.1. The van der Waals surface area contributed by atoms with Gasteiger partial charge in [0.25, 0.3) is 0 Å². The molecular formula is C26H26F2N6O2. The van der Waals surface area contributed by atoms with E-state index >= 15 is 0 Å². The van der Waals surface area contributed by atoms with Crippen LogP contribution in [0.5, 0.6) is 5.75 Å². The van der Waals surface area contributed by atoms with Crippen molar-refractivity contribution in [1.29, 1.82) is 0 Å². The first-order valence-electron chi connectivity index (χ1n) is 11.7. The minimum absolute atomic E-state index is 0.0857. The van der Waals surface area contributed by atoms with E-state index in [1.54, 1.807) is 36.5 Å². The lowest BCUT2D eigenvalue weighted by Crippen LogP contribution is -2.48. The molecular weight excluding hydrogens is 466 g/mol. The number of nitrogens with one attached hydrogen (secondary N) is 3. The zero-order chi connectivity index (χ0) is 25.1. The number of ether oxygens (including phenoxy) is 1. The fourth-order valence-corrected chi connectivity index (χ4v) is 4.57. The van der Waals surface area contributed by atoms with Gasteiger partial charge in [0.1, 0.15) is 28.9 Å². The Kier molecular flexibility index (Phi) is 6.77. The first kappa shape index (κ1) is 23.7. The van der Waals surface area contributed by atoms with Crippen LogP contribution < -0.4 is 15.4 Å². The topological polar surface area (TPSA) is 95.2 Å². The van der Waals surface area contributed by atoms with Crippen LogP contribution in [0, 0.1) is 11.6 Å². The maximum absolute atomic E-state index is 14.4. The van der Waals surface area contributed by atoms with Crippen molar-refractivity contribution in [3.8, 4) is 17.0 Å². The van der Waals surface area contributed by atoms with Gasteiger partial charge in [-0.25, -0.2) is 18.6 Å². The summed E-state index contributed by atoms with van der Waals surface area (Å²) in [4.78, 5) is 19.1. The van der Waals surface area contributed by atoms with Gasteiger partial charge in [0.05, 0.1) is 12.6 Å². The van der Waals surface area contributed by atoms with Gasteiger partial charge in [0.2, 0.25) is 0 Å². The molecule has 5 rings (SSSR count). The van der Waals surface area contributed by atoms with Crippen molar-refractivity contribution in [2.24, 2.45) is 0 Å². The Hall–Kier alpha value is -4.05. The Morgan fingerprint density at radius 3 is 2.86 bits per heavy atom. The molecule has 186 valence electrons. The lowest BCUT2D eigenvalue weighted by atomic mass is 10.0. The van der Waals surface area contributed by atoms with E-state index < -0.39 is 0 Å². The van der Waals surface area contributed by atoms with Crippen molar-refractivity contribution in [1.82, 2.24) is 25.4 Å². The van der Waals surface area contributed by atoms with Gasteiger partial charge in [-0.3, -0.25) is 15.3 Å². The number of piperidine rings is 1. The van der Waals surface area contributed by atoms with E-state index in [1.165, 1.54) is 25.3 Å². The molecule has 8 nitrogen and oxygen atoms in total. The van der Waals surface area contributed by atoms with E-state index in [0.717, 1.165) is 30.3 Å². The van der Waals surface area contributed by atoms with Gasteiger partial charge in [0, 0.05) is 47.9 Å². The minimum Gasteiger partial charge on any atom is -0.496 e. The van der Waals surface area contributed by atoms with Gasteiger partial charge < -0.3 is 10.1 Å². The molecule has 2 amide bonds. The molecule has 36 heavy (non-hydrogen) atoms. The van der Waals surface area contributed by atoms with E-state index in [1.807, 2.05) is 0 Å². The highest BCUT2D eigenvalue weighted by Gasteiger charge is 2.23. The molecule has 4 aromatic rings. The van der Waals surface area contributed by atoms with Gasteiger partial charge >= 0.3 is 6.03 Å². The number of rotatable bonds is 6. The fourth-order valence-electron chi connectivity index (χ4n) is 4.57. The molecule has 1 saturated heterocycles. The predicted molar refractivity (Wildman–Crippen MR) is 133 cm³/mol. The van der Waals surface area contributed by atoms with Crippen LogP contribution in [0.25, 0.3) is 22.2 Å². The molecule has 2 aromatic heterocycles. The average molecular weight is 493 g/mol. The number of amides is 2. The number of hydrogen-bond acceptors (Lipinski definition) is 5. The van der Waals surface area contributed by atoms with Crippen LogP contribution in [-0.4, -0.2) is 52.4 Å². The van der Waals surface area contributed by atoms with Crippen LogP contribution in [0.4, 0.5) is 19.4 Å². The van der Waals surface area contributed by atoms with Crippen LogP contribution in [0.2, 0.25) is 0 Å². The Labute approximate surface area is 206 Å². The summed E-state index contributed by atoms with van der Waals surface area (Å²) in [5.74, 6) is 0.274. The molecule has 1 atom stereocenters. The molecule has 10 heteroatoms. The quantitative estimate of drug-likeness (QED) is 0.363. The lowest BCUT2D eigenvalue weighted by molar-refractivity contribution is 0.180. The van der Waals surface area contributed by atoms with Crippen LogP contribution in [0.1, 0.15) is 18.4 Å². The van der Waals surface area contributed by atoms with E-state index in [-0.39, 0.29) is 23.7 Å². The molecule has 3 heterocycles. The maximum atomic E-state index is 14.4. The molecule has 0 saturated carbocycles. The van der Waals surface area contributed by atoms with Crippen LogP contribution in [-0.2, 0) is 6.54 Å². The van der Waals surface area contributed by atoms with E-state index in [2.05, 4.69) is 30.7 Å². The van der Waals surface area contributed by atoms with Crippen molar-refractivity contribution in [3.63, 3.8) is 0 Å². The number of anilines is 1. The maximum Gasteiger partial charge on any atom is 0.320 e. The lowest BCUT2D eigenvalue weighted by Gasteiger charge is -2.33. The second kappa shape index (κ2) is 10.3. The summed E-state index contributed by atoms with van der Waals surface area (Å²) < 4.78 is 32.9. The SMILES string of the molecule is COc1cccc(F)c1CN1CCC[C@@H](NC(=O)Nc2cc3[nH]nc(-c4ccc(F)cc4)c3cn2)C1. The number of aromatic amines is 1. The molecule has 0 radical (unpaired) electrons. The molecule has 0 spiro atoms. The number of hydrogen-bond donors (Lipinski definition) is 3. The molecule has 0 unspecified atom stereocenters. The number of aromatic nitrogens is 3. The molecule has 1 fully saturated rings. The highest BCUT2D eigenvalue weighted by atomic mass is 19.1. The number of methoxy groups -OCH3 is 1. The molecule has 1 aliphatic heterocycles. The number of pyridine rings is 1. The number of fused-ring (bicyclic) bond motifs is 1. The van der Waals surface area contributed by atoms with Crippen molar-refractivity contribution < 1.29 is 18.3 Å². The Morgan fingerprint density at radius 2 is 2.06 bits per heavy atom. The second-order valence-electron chi connectivity index (χ2n) is 8.79. The largest absolute Gasteiger partial charge is 0.496 e. The normalized spacial score (nSPS) is 16.1. The number of halogens is 2. The van der Waals surface area contributed by atoms with Crippen LogP contribution >= 0.6 is 0 Å². The standard InChI is InChI=1S/C26H26F2N6O2/c1-36-23-6-2-5-21(28)20(23)15-34-11-3-4-18(14-34)30-26(35)31-24-12-22-19(13-29-24)25(33-32-22)16-7-9-17(27)10-8-16/h2,5-10,12-13,18H,3-4,11,14-15H2,1H3,(H,32,33)(H2,29,30,31,35)/t18-/m1/s1. The van der Waals surface area contributed by atoms with Crippen LogP contribution in [0.15, 0.2) is 54.7 Å². The van der Waals surface area contributed by atoms with Gasteiger partial charge in [-0.05, 0) is 55.8 Å². The van der Waals surface area contributed by atoms with Gasteiger partial charge in [-0.1, -0.05) is 6.07 Å². The number of urea groups is 1. The highest BCUT2D eigenvalue weighted by molar-refractivity contribution is 5.95. The zero-order valence-electron chi connectivity index (χ0n) is 19.7. The molecule has 2 aromatic carbocycles. The number of carbonyl (C=O) groups is 1. The van der Waals surface area contributed by atoms with Gasteiger partial charge in [0.15, 0.2) is 0 Å². The third-order valence-corrected chi connectivity index (χ3v) is 6.32. The highest BCUT2D eigenvalue weighted by Crippen LogP contribution is 2.27. The smallest absolute Gasteiger partial charge is 0.320 e. The van der Waals surface area contributed by atoms with E-state index in [4.69, 9.17) is 4.74 Å². The first-order valence-corrected chi connectivity index (χ1v) is 11.7. The Bertz CT molecular complexity index is 1370. The summed E-state index contributed by atoms with van der Waals surface area (Å²) in [6.45, 7) is 1.81. The summed E-state index contributed by atoms with van der Waals surface area (Å²) in [5, 5.41) is 13.8. The second-order valence-corrected chi connectivity index (χ2v) is 8.79. The summed E-state index contributed by atoms with van der Waals surface area (Å²) >= 11 is 0. The fraction of sp³-hybridized carbons (Fsp3) is 0.269. The Balaban J connectivity index is 1.21. The van der Waals surface area contributed by atoms with Crippen molar-refractivity contribution >= 4 is 22.8 Å². The zero-order valence-corrected chi connectivity index (χ0v) is 19.7.